The van der Waals surface area contributed by atoms with Gasteiger partial charge in [0.2, 0.25) is 0 Å². The summed E-state index contributed by atoms with van der Waals surface area (Å²) in [7, 11) is 0. The number of rotatable bonds is 8. The minimum atomic E-state index is -1.09. The maximum Gasteiger partial charge on any atom is 0.314 e. The number of halogens is 2. The number of imidazole rings is 1. The lowest BCUT2D eigenvalue weighted by Crippen LogP contribution is -2.50. The first kappa shape index (κ1) is 23.8. The van der Waals surface area contributed by atoms with Crippen LogP contribution in [0.3, 0.4) is 0 Å². The number of nitrogens with one attached hydrogen (secondary N) is 1. The number of alkyl halides is 1. The third kappa shape index (κ3) is 4.16. The zero-order valence-corrected chi connectivity index (χ0v) is 20.5. The predicted octanol–water partition coefficient (Wildman–Crippen LogP) is 5.39. The maximum absolute atomic E-state index is 13.5. The summed E-state index contributed by atoms with van der Waals surface area (Å²) < 4.78 is 25.6. The molecule has 1 aliphatic heterocycles. The number of aliphatic carboxylic acids is 1. The van der Waals surface area contributed by atoms with E-state index in [0.717, 1.165) is 30.1 Å². The summed E-state index contributed by atoms with van der Waals surface area (Å²) in [6, 6.07) is 5.84. The van der Waals surface area contributed by atoms with Gasteiger partial charge < -0.3 is 19.6 Å². The van der Waals surface area contributed by atoms with Crippen molar-refractivity contribution in [3.05, 3.63) is 52.9 Å². The zero-order chi connectivity index (χ0) is 24.1. The molecule has 2 aromatic rings. The van der Waals surface area contributed by atoms with Crippen LogP contribution in [-0.4, -0.2) is 40.9 Å². The molecule has 0 spiro atoms. The molecule has 2 heterocycles. The van der Waals surface area contributed by atoms with Crippen LogP contribution in [0.4, 0.5) is 4.39 Å². The van der Waals surface area contributed by atoms with Gasteiger partial charge in [0.15, 0.2) is 0 Å². The first-order chi connectivity index (χ1) is 16.2. The predicted molar refractivity (Wildman–Crippen MR) is 125 cm³/mol. The number of benzene rings is 1. The van der Waals surface area contributed by atoms with Crippen molar-refractivity contribution in [1.29, 1.82) is 0 Å². The molecule has 1 aromatic carbocycles. The number of carboxylic acid groups (broad SMARTS) is 1. The Balaban J connectivity index is 1.46. The second-order valence-corrected chi connectivity index (χ2v) is 11.3. The number of ether oxygens (including phenoxy) is 2. The number of aromatic amines is 1. The van der Waals surface area contributed by atoms with Gasteiger partial charge in [-0.15, -0.1) is 11.6 Å². The zero-order valence-electron chi connectivity index (χ0n) is 19.7. The maximum atomic E-state index is 13.5. The number of nitrogens with zero attached hydrogens (tertiary/aromatic N) is 1. The van der Waals surface area contributed by atoms with E-state index in [1.165, 1.54) is 12.1 Å². The first-order valence-electron chi connectivity index (χ1n) is 12.1. The summed E-state index contributed by atoms with van der Waals surface area (Å²) in [6.45, 7) is 5.91. The minimum Gasteiger partial charge on any atom is -0.481 e. The molecule has 3 fully saturated rings. The van der Waals surface area contributed by atoms with E-state index < -0.39 is 17.0 Å². The SMILES string of the molecule is Cc1[nH]c(C2(OCC3(C)COC3)CCC(C(=O)O)(c3ccc(F)cc3)CC2)nc1C(Cl)C1CC1. The molecule has 34 heavy (non-hydrogen) atoms. The van der Waals surface area contributed by atoms with Crippen molar-refractivity contribution in [3.8, 4) is 0 Å². The van der Waals surface area contributed by atoms with Crippen molar-refractivity contribution in [2.75, 3.05) is 19.8 Å². The van der Waals surface area contributed by atoms with Crippen molar-refractivity contribution in [2.45, 2.75) is 68.8 Å². The quantitative estimate of drug-likeness (QED) is 0.484. The molecule has 6 nitrogen and oxygen atoms in total. The molecule has 184 valence electrons. The number of aryl methyl sites for hydroxylation is 1. The van der Waals surface area contributed by atoms with E-state index >= 15 is 0 Å². The van der Waals surface area contributed by atoms with Crippen molar-refractivity contribution < 1.29 is 23.8 Å². The van der Waals surface area contributed by atoms with Crippen molar-refractivity contribution >= 4 is 17.6 Å². The fourth-order valence-corrected chi connectivity index (χ4v) is 5.81. The Morgan fingerprint density at radius 2 is 1.91 bits per heavy atom. The first-order valence-corrected chi connectivity index (χ1v) is 12.5. The highest BCUT2D eigenvalue weighted by atomic mass is 35.5. The van der Waals surface area contributed by atoms with Crippen molar-refractivity contribution in [2.24, 2.45) is 11.3 Å². The second-order valence-electron chi connectivity index (χ2n) is 10.8. The van der Waals surface area contributed by atoms with E-state index in [4.69, 9.17) is 26.1 Å². The Labute approximate surface area is 204 Å². The summed E-state index contributed by atoms with van der Waals surface area (Å²) in [5.74, 6) is -0.0753. The highest BCUT2D eigenvalue weighted by molar-refractivity contribution is 6.21. The molecule has 8 heteroatoms. The molecule has 5 rings (SSSR count). The molecule has 2 saturated carbocycles. The lowest BCUT2D eigenvalue weighted by molar-refractivity contribution is -0.188. The number of H-pyrrole nitrogens is 1. The van der Waals surface area contributed by atoms with Crippen molar-refractivity contribution in [1.82, 2.24) is 9.97 Å². The average Bonchev–Trinajstić information content (AvgIpc) is 3.58. The van der Waals surface area contributed by atoms with Crippen LogP contribution < -0.4 is 0 Å². The third-order valence-corrected chi connectivity index (χ3v) is 8.53. The molecule has 1 atom stereocenters. The van der Waals surface area contributed by atoms with Crippen molar-refractivity contribution in [3.63, 3.8) is 0 Å². The minimum absolute atomic E-state index is 0.0568. The Kier molecular flexibility index (Phi) is 6.02. The van der Waals surface area contributed by atoms with Crippen LogP contribution in [0.15, 0.2) is 24.3 Å². The van der Waals surface area contributed by atoms with Gasteiger partial charge in [0, 0.05) is 11.1 Å². The van der Waals surface area contributed by atoms with E-state index in [0.29, 0.717) is 57.0 Å². The number of aromatic nitrogens is 2. The topological polar surface area (TPSA) is 84.4 Å². The lowest BCUT2D eigenvalue weighted by atomic mass is 9.65. The molecule has 0 amide bonds. The normalized spacial score (nSPS) is 29.4. The largest absolute Gasteiger partial charge is 0.481 e. The van der Waals surface area contributed by atoms with Crippen LogP contribution in [0.2, 0.25) is 0 Å². The van der Waals surface area contributed by atoms with Crippen LogP contribution in [0.5, 0.6) is 0 Å². The fourth-order valence-electron chi connectivity index (χ4n) is 5.34. The molecule has 1 aromatic heterocycles. The van der Waals surface area contributed by atoms with Crippen LogP contribution in [-0.2, 0) is 25.3 Å². The van der Waals surface area contributed by atoms with E-state index in [2.05, 4.69) is 11.9 Å². The lowest BCUT2D eigenvalue weighted by Gasteiger charge is -2.46. The Morgan fingerprint density at radius 3 is 2.44 bits per heavy atom. The highest BCUT2D eigenvalue weighted by Gasteiger charge is 2.52. The molecule has 2 aliphatic carbocycles. The summed E-state index contributed by atoms with van der Waals surface area (Å²) in [4.78, 5) is 20.9. The van der Waals surface area contributed by atoms with Crippen LogP contribution in [0, 0.1) is 24.1 Å². The van der Waals surface area contributed by atoms with Gasteiger partial charge in [0.25, 0.3) is 0 Å². The van der Waals surface area contributed by atoms with Gasteiger partial charge >= 0.3 is 5.97 Å². The van der Waals surface area contributed by atoms with Gasteiger partial charge in [-0.25, -0.2) is 9.37 Å². The highest BCUT2D eigenvalue weighted by Crippen LogP contribution is 2.51. The van der Waals surface area contributed by atoms with Crippen LogP contribution >= 0.6 is 11.6 Å². The van der Waals surface area contributed by atoms with Gasteiger partial charge in [0.1, 0.15) is 17.2 Å². The van der Waals surface area contributed by atoms with E-state index in [9.17, 15) is 14.3 Å². The molecule has 3 aliphatic rings. The monoisotopic (exact) mass is 490 g/mol. The van der Waals surface area contributed by atoms with E-state index in [1.807, 2.05) is 6.92 Å². The number of hydrogen-bond acceptors (Lipinski definition) is 4. The van der Waals surface area contributed by atoms with Gasteiger partial charge in [-0.3, -0.25) is 4.79 Å². The van der Waals surface area contributed by atoms with E-state index in [1.54, 1.807) is 12.1 Å². The number of carboxylic acids is 1. The molecule has 0 radical (unpaired) electrons. The Morgan fingerprint density at radius 1 is 1.26 bits per heavy atom. The summed E-state index contributed by atoms with van der Waals surface area (Å²) in [5, 5.41) is 10.1. The molecule has 1 unspecified atom stereocenters. The molecule has 2 N–H and O–H groups in total. The van der Waals surface area contributed by atoms with Gasteiger partial charge in [-0.2, -0.15) is 0 Å². The molecular formula is C26H32ClFN2O4. The van der Waals surface area contributed by atoms with Gasteiger partial charge in [0.05, 0.1) is 36.3 Å². The fraction of sp³-hybridized carbons (Fsp3) is 0.615. The standard InChI is InChI=1S/C26H32ClFN2O4/c1-16-21(20(27)17-3-4-17)30-22(29-16)26(34-15-24(2)13-33-14-24)11-9-25(10-12-26,23(31)32)18-5-7-19(28)8-6-18/h5-8,17,20H,3-4,9-15H2,1-2H3,(H,29,30)(H,31,32). The summed E-state index contributed by atoms with van der Waals surface area (Å²) in [5.41, 5.74) is 0.558. The van der Waals surface area contributed by atoms with Crippen LogP contribution in [0.1, 0.15) is 73.6 Å². The van der Waals surface area contributed by atoms with Gasteiger partial charge in [-0.1, -0.05) is 19.1 Å². The summed E-state index contributed by atoms with van der Waals surface area (Å²) in [6.07, 6.45) is 3.93. The third-order valence-electron chi connectivity index (χ3n) is 7.97. The number of hydrogen-bond donors (Lipinski definition) is 2. The molecule has 0 bridgehead atoms. The summed E-state index contributed by atoms with van der Waals surface area (Å²) >= 11 is 6.72. The Hall–Kier alpha value is -1.96. The molecular weight excluding hydrogens is 459 g/mol. The second kappa shape index (κ2) is 8.61. The number of carbonyl (C=O) groups is 1. The average molecular weight is 491 g/mol. The Bertz CT molecular complexity index is 1050. The van der Waals surface area contributed by atoms with E-state index in [-0.39, 0.29) is 16.6 Å². The molecule has 1 saturated heterocycles. The van der Waals surface area contributed by atoms with Crippen LogP contribution in [0.25, 0.3) is 0 Å². The van der Waals surface area contributed by atoms with Gasteiger partial charge in [-0.05, 0) is 69.1 Å². The smallest absolute Gasteiger partial charge is 0.314 e.